The summed E-state index contributed by atoms with van der Waals surface area (Å²) in [5.41, 5.74) is 0.792. The molecule has 0 spiro atoms. The molecule has 114 valence electrons. The lowest BCUT2D eigenvalue weighted by Gasteiger charge is -2.22. The van der Waals surface area contributed by atoms with E-state index in [0.717, 1.165) is 25.7 Å². The number of ether oxygens (including phenoxy) is 1. The lowest BCUT2D eigenvalue weighted by atomic mass is 9.95. The van der Waals surface area contributed by atoms with Gasteiger partial charge in [-0.15, -0.1) is 0 Å². The number of amides is 1. The molecule has 1 aliphatic rings. The number of aryl methyl sites for hydroxylation is 1. The second kappa shape index (κ2) is 7.11. The Morgan fingerprint density at radius 3 is 2.67 bits per heavy atom. The number of carboxylic acids is 1. The zero-order valence-corrected chi connectivity index (χ0v) is 12.2. The van der Waals surface area contributed by atoms with E-state index in [9.17, 15) is 9.59 Å². The Balaban J connectivity index is 1.93. The predicted octanol–water partition coefficient (Wildman–Crippen LogP) is 2.52. The van der Waals surface area contributed by atoms with Crippen LogP contribution in [-0.2, 0) is 4.79 Å². The Bertz CT molecular complexity index is 521. The minimum Gasteiger partial charge on any atom is -0.483 e. The van der Waals surface area contributed by atoms with Crippen molar-refractivity contribution in [2.24, 2.45) is 0 Å². The van der Waals surface area contributed by atoms with Gasteiger partial charge in [-0.05, 0) is 31.4 Å². The molecule has 2 N–H and O–H groups in total. The van der Waals surface area contributed by atoms with E-state index in [0.29, 0.717) is 5.56 Å². The first-order chi connectivity index (χ1) is 10.1. The third kappa shape index (κ3) is 4.21. The predicted molar refractivity (Wildman–Crippen MR) is 78.6 cm³/mol. The zero-order chi connectivity index (χ0) is 15.2. The van der Waals surface area contributed by atoms with Crippen LogP contribution in [-0.4, -0.2) is 29.6 Å². The summed E-state index contributed by atoms with van der Waals surface area (Å²) in [7, 11) is 0. The van der Waals surface area contributed by atoms with Gasteiger partial charge in [0.25, 0.3) is 5.91 Å². The van der Waals surface area contributed by atoms with E-state index in [-0.39, 0.29) is 29.9 Å². The summed E-state index contributed by atoms with van der Waals surface area (Å²) in [5.74, 6) is -0.980. The molecule has 1 saturated carbocycles. The molecule has 0 atom stereocenters. The second-order valence-electron chi connectivity index (χ2n) is 5.45. The van der Waals surface area contributed by atoms with E-state index in [2.05, 4.69) is 5.32 Å². The molecule has 0 bridgehead atoms. The third-order valence-electron chi connectivity index (χ3n) is 3.76. The number of carboxylic acid groups (broad SMARTS) is 1. The SMILES string of the molecule is Cc1cccc(C(=O)O)c1OCC(=O)NC1CCCCC1. The summed E-state index contributed by atoms with van der Waals surface area (Å²) in [5, 5.41) is 12.1. The Labute approximate surface area is 124 Å². The van der Waals surface area contributed by atoms with Crippen molar-refractivity contribution in [1.82, 2.24) is 5.32 Å². The Hall–Kier alpha value is -2.04. The smallest absolute Gasteiger partial charge is 0.339 e. The van der Waals surface area contributed by atoms with Gasteiger partial charge in [0.2, 0.25) is 0 Å². The van der Waals surface area contributed by atoms with Crippen LogP contribution < -0.4 is 10.1 Å². The summed E-state index contributed by atoms with van der Waals surface area (Å²) >= 11 is 0. The van der Waals surface area contributed by atoms with Crippen LogP contribution in [0.5, 0.6) is 5.75 Å². The van der Waals surface area contributed by atoms with Crippen LogP contribution in [0.4, 0.5) is 0 Å². The van der Waals surface area contributed by atoms with Gasteiger partial charge < -0.3 is 15.2 Å². The van der Waals surface area contributed by atoms with E-state index in [1.54, 1.807) is 19.1 Å². The van der Waals surface area contributed by atoms with Crippen molar-refractivity contribution in [3.8, 4) is 5.75 Å². The third-order valence-corrected chi connectivity index (χ3v) is 3.76. The molecule has 1 fully saturated rings. The fourth-order valence-corrected chi connectivity index (χ4v) is 2.67. The fourth-order valence-electron chi connectivity index (χ4n) is 2.67. The first-order valence-corrected chi connectivity index (χ1v) is 7.33. The quantitative estimate of drug-likeness (QED) is 0.874. The highest BCUT2D eigenvalue weighted by molar-refractivity contribution is 5.91. The van der Waals surface area contributed by atoms with Crippen LogP contribution in [0, 0.1) is 6.92 Å². The van der Waals surface area contributed by atoms with Crippen molar-refractivity contribution in [3.63, 3.8) is 0 Å². The van der Waals surface area contributed by atoms with Gasteiger partial charge in [-0.1, -0.05) is 31.4 Å². The minimum atomic E-state index is -1.05. The number of hydrogen-bond donors (Lipinski definition) is 2. The fraction of sp³-hybridized carbons (Fsp3) is 0.500. The largest absolute Gasteiger partial charge is 0.483 e. The number of para-hydroxylation sites is 1. The molecule has 5 nitrogen and oxygen atoms in total. The maximum absolute atomic E-state index is 11.9. The van der Waals surface area contributed by atoms with Crippen LogP contribution in [0.3, 0.4) is 0 Å². The lowest BCUT2D eigenvalue weighted by Crippen LogP contribution is -2.39. The molecule has 0 radical (unpaired) electrons. The van der Waals surface area contributed by atoms with E-state index >= 15 is 0 Å². The Morgan fingerprint density at radius 1 is 1.29 bits per heavy atom. The monoisotopic (exact) mass is 291 g/mol. The van der Waals surface area contributed by atoms with Gasteiger partial charge in [0.05, 0.1) is 0 Å². The molecule has 1 aliphatic carbocycles. The van der Waals surface area contributed by atoms with Crippen LogP contribution >= 0.6 is 0 Å². The highest BCUT2D eigenvalue weighted by Gasteiger charge is 2.18. The lowest BCUT2D eigenvalue weighted by molar-refractivity contribution is -0.124. The molecule has 21 heavy (non-hydrogen) atoms. The molecule has 0 aliphatic heterocycles. The van der Waals surface area contributed by atoms with Crippen molar-refractivity contribution < 1.29 is 19.4 Å². The number of rotatable bonds is 5. The van der Waals surface area contributed by atoms with E-state index in [1.807, 2.05) is 0 Å². The van der Waals surface area contributed by atoms with Crippen LogP contribution in [0.15, 0.2) is 18.2 Å². The maximum atomic E-state index is 11.9. The van der Waals surface area contributed by atoms with Gasteiger partial charge >= 0.3 is 5.97 Å². The van der Waals surface area contributed by atoms with Crippen LogP contribution in [0.1, 0.15) is 48.0 Å². The molecule has 5 heteroatoms. The number of hydrogen-bond acceptors (Lipinski definition) is 3. The summed E-state index contributed by atoms with van der Waals surface area (Å²) in [4.78, 5) is 23.0. The average molecular weight is 291 g/mol. The second-order valence-corrected chi connectivity index (χ2v) is 5.45. The van der Waals surface area contributed by atoms with E-state index in [1.165, 1.54) is 12.5 Å². The van der Waals surface area contributed by atoms with Crippen molar-refractivity contribution in [3.05, 3.63) is 29.3 Å². The summed E-state index contributed by atoms with van der Waals surface area (Å²) in [6.45, 7) is 1.61. The Morgan fingerprint density at radius 2 is 2.00 bits per heavy atom. The maximum Gasteiger partial charge on any atom is 0.339 e. The van der Waals surface area contributed by atoms with Gasteiger partial charge in [-0.2, -0.15) is 0 Å². The number of carbonyl (C=O) groups excluding carboxylic acids is 1. The summed E-state index contributed by atoms with van der Waals surface area (Å²) in [6, 6.07) is 5.13. The molecule has 1 aromatic carbocycles. The normalized spacial score (nSPS) is 15.5. The zero-order valence-electron chi connectivity index (χ0n) is 12.2. The molecule has 0 aromatic heterocycles. The molecule has 1 amide bonds. The van der Waals surface area contributed by atoms with Crippen molar-refractivity contribution in [2.45, 2.75) is 45.1 Å². The number of aromatic carboxylic acids is 1. The summed E-state index contributed by atoms with van der Waals surface area (Å²) < 4.78 is 5.44. The number of carbonyl (C=O) groups is 2. The molecule has 0 unspecified atom stereocenters. The van der Waals surface area contributed by atoms with E-state index in [4.69, 9.17) is 9.84 Å². The molecular formula is C16H21NO4. The van der Waals surface area contributed by atoms with Gasteiger partial charge in [0.15, 0.2) is 6.61 Å². The average Bonchev–Trinajstić information content (AvgIpc) is 2.46. The molecule has 0 heterocycles. The molecular weight excluding hydrogens is 270 g/mol. The Kier molecular flexibility index (Phi) is 5.20. The first kappa shape index (κ1) is 15.4. The van der Waals surface area contributed by atoms with E-state index < -0.39 is 5.97 Å². The van der Waals surface area contributed by atoms with Crippen LogP contribution in [0.25, 0.3) is 0 Å². The molecule has 2 rings (SSSR count). The van der Waals surface area contributed by atoms with Crippen molar-refractivity contribution >= 4 is 11.9 Å². The summed E-state index contributed by atoms with van der Waals surface area (Å²) in [6.07, 6.45) is 5.54. The first-order valence-electron chi connectivity index (χ1n) is 7.33. The van der Waals surface area contributed by atoms with Gasteiger partial charge in [-0.25, -0.2) is 4.79 Å². The number of benzene rings is 1. The highest BCUT2D eigenvalue weighted by atomic mass is 16.5. The van der Waals surface area contributed by atoms with Crippen molar-refractivity contribution in [1.29, 1.82) is 0 Å². The van der Waals surface area contributed by atoms with Gasteiger partial charge in [-0.3, -0.25) is 4.79 Å². The molecule has 0 saturated heterocycles. The number of nitrogens with one attached hydrogen (secondary N) is 1. The van der Waals surface area contributed by atoms with Gasteiger partial charge in [0, 0.05) is 6.04 Å². The standard InChI is InChI=1S/C16H21NO4/c1-11-6-5-9-13(16(19)20)15(11)21-10-14(18)17-12-7-3-2-4-8-12/h5-6,9,12H,2-4,7-8,10H2,1H3,(H,17,18)(H,19,20). The van der Waals surface area contributed by atoms with Crippen molar-refractivity contribution in [2.75, 3.05) is 6.61 Å². The van der Waals surface area contributed by atoms with Gasteiger partial charge in [0.1, 0.15) is 11.3 Å². The molecule has 1 aromatic rings. The minimum absolute atomic E-state index is 0.0838. The topological polar surface area (TPSA) is 75.6 Å². The van der Waals surface area contributed by atoms with Crippen LogP contribution in [0.2, 0.25) is 0 Å². The highest BCUT2D eigenvalue weighted by Crippen LogP contribution is 2.23.